The molecule has 4 nitrogen and oxygen atoms in total. The molecule has 0 heterocycles. The van der Waals surface area contributed by atoms with Gasteiger partial charge >= 0.3 is 0 Å². The van der Waals surface area contributed by atoms with Crippen LogP contribution in [0.25, 0.3) is 10.4 Å². The Kier molecular flexibility index (Phi) is 7.99. The largest absolute Gasteiger partial charge is 0.392 e. The molecule has 0 saturated carbocycles. The van der Waals surface area contributed by atoms with Crippen molar-refractivity contribution >= 4 is 0 Å². The first kappa shape index (κ1) is 13.0. The highest BCUT2D eigenvalue weighted by Gasteiger charge is 1.99. The Balaban J connectivity index is 3.89. The van der Waals surface area contributed by atoms with Crippen LogP contribution in [0.5, 0.6) is 0 Å². The molecule has 0 radical (unpaired) electrons. The van der Waals surface area contributed by atoms with E-state index in [1.54, 1.807) is 0 Å². The number of aliphatic hydroxyl groups excluding tert-OH is 1. The highest BCUT2D eigenvalue weighted by molar-refractivity contribution is 5.03. The number of allylic oxidation sites excluding steroid dienone is 1. The first-order valence-electron chi connectivity index (χ1n) is 5.05. The van der Waals surface area contributed by atoms with Crippen LogP contribution in [0.1, 0.15) is 33.1 Å². The lowest BCUT2D eigenvalue weighted by molar-refractivity contribution is 0.324. The molecule has 0 bridgehead atoms. The number of nitrogens with zero attached hydrogens (tertiary/aromatic N) is 3. The van der Waals surface area contributed by atoms with Crippen molar-refractivity contribution in [3.63, 3.8) is 0 Å². The van der Waals surface area contributed by atoms with E-state index in [0.717, 1.165) is 24.8 Å². The molecular formula is C10H19N3O. The van der Waals surface area contributed by atoms with Gasteiger partial charge in [-0.05, 0) is 29.9 Å². The van der Waals surface area contributed by atoms with Crippen LogP contribution in [0.2, 0.25) is 0 Å². The van der Waals surface area contributed by atoms with E-state index in [2.05, 4.69) is 29.9 Å². The van der Waals surface area contributed by atoms with Crippen molar-refractivity contribution in [2.75, 3.05) is 13.2 Å². The fourth-order valence-electron chi connectivity index (χ4n) is 1.16. The van der Waals surface area contributed by atoms with Gasteiger partial charge in [-0.1, -0.05) is 31.5 Å². The van der Waals surface area contributed by atoms with Gasteiger partial charge < -0.3 is 5.11 Å². The summed E-state index contributed by atoms with van der Waals surface area (Å²) < 4.78 is 0. The Morgan fingerprint density at radius 2 is 2.36 bits per heavy atom. The molecule has 0 unspecified atom stereocenters. The number of hydrogen-bond acceptors (Lipinski definition) is 2. The summed E-state index contributed by atoms with van der Waals surface area (Å²) in [5.41, 5.74) is 9.12. The zero-order chi connectivity index (χ0) is 10.8. The maximum absolute atomic E-state index is 9.06. The van der Waals surface area contributed by atoms with Crippen LogP contribution in [0, 0.1) is 5.92 Å². The third-order valence-corrected chi connectivity index (χ3v) is 2.19. The quantitative estimate of drug-likeness (QED) is 0.220. The molecule has 1 atom stereocenters. The van der Waals surface area contributed by atoms with Crippen LogP contribution in [0.15, 0.2) is 16.8 Å². The zero-order valence-electron chi connectivity index (χ0n) is 8.98. The molecule has 0 aromatic heterocycles. The molecule has 0 spiro atoms. The molecule has 0 saturated heterocycles. The molecular weight excluding hydrogens is 178 g/mol. The molecule has 14 heavy (non-hydrogen) atoms. The number of azide groups is 1. The van der Waals surface area contributed by atoms with Crippen molar-refractivity contribution in [3.05, 3.63) is 22.1 Å². The summed E-state index contributed by atoms with van der Waals surface area (Å²) in [6.45, 7) is 4.87. The molecule has 80 valence electrons. The summed E-state index contributed by atoms with van der Waals surface area (Å²) in [5, 5.41) is 12.5. The second-order valence-electron chi connectivity index (χ2n) is 3.43. The smallest absolute Gasteiger partial charge is 0.0641 e. The SMILES string of the molecule is CC[C@H](C)/C=C(/CO)CCCN=[N+]=[N-]. The van der Waals surface area contributed by atoms with Gasteiger partial charge in [0.15, 0.2) is 0 Å². The predicted octanol–water partition coefficient (Wildman–Crippen LogP) is 3.04. The number of aliphatic hydroxyl groups is 1. The average molecular weight is 197 g/mol. The fraction of sp³-hybridized carbons (Fsp3) is 0.800. The van der Waals surface area contributed by atoms with Gasteiger partial charge in [-0.2, -0.15) is 0 Å². The minimum atomic E-state index is 0.112. The second kappa shape index (κ2) is 8.60. The van der Waals surface area contributed by atoms with Gasteiger partial charge in [-0.25, -0.2) is 0 Å². The van der Waals surface area contributed by atoms with Crippen molar-refractivity contribution < 1.29 is 5.11 Å². The summed E-state index contributed by atoms with van der Waals surface area (Å²) in [4.78, 5) is 2.68. The van der Waals surface area contributed by atoms with Gasteiger partial charge in [0.1, 0.15) is 0 Å². The van der Waals surface area contributed by atoms with Crippen molar-refractivity contribution in [1.29, 1.82) is 0 Å². The van der Waals surface area contributed by atoms with E-state index in [1.165, 1.54) is 0 Å². The molecule has 0 aliphatic rings. The maximum atomic E-state index is 9.06. The normalized spacial score (nSPS) is 13.5. The summed E-state index contributed by atoms with van der Waals surface area (Å²) in [6.07, 6.45) is 4.82. The van der Waals surface area contributed by atoms with E-state index in [4.69, 9.17) is 10.6 Å². The molecule has 0 aliphatic heterocycles. The van der Waals surface area contributed by atoms with Crippen LogP contribution >= 0.6 is 0 Å². The monoisotopic (exact) mass is 197 g/mol. The van der Waals surface area contributed by atoms with E-state index in [-0.39, 0.29) is 6.61 Å². The van der Waals surface area contributed by atoms with E-state index in [9.17, 15) is 0 Å². The zero-order valence-corrected chi connectivity index (χ0v) is 8.98. The standard InChI is InChI=1S/C10H19N3O/c1-3-9(2)7-10(8-14)5-4-6-12-13-11/h7,9,14H,3-6,8H2,1-2H3/b10-7+/t9-/m0/s1. The average Bonchev–Trinajstić information content (AvgIpc) is 2.22. The van der Waals surface area contributed by atoms with E-state index in [1.807, 2.05) is 0 Å². The molecule has 4 heteroatoms. The van der Waals surface area contributed by atoms with Gasteiger partial charge in [-0.15, -0.1) is 0 Å². The molecule has 1 N–H and O–H groups in total. The third kappa shape index (κ3) is 6.52. The number of hydrogen-bond donors (Lipinski definition) is 1. The van der Waals surface area contributed by atoms with Crippen LogP contribution in [-0.4, -0.2) is 18.3 Å². The van der Waals surface area contributed by atoms with E-state index in [0.29, 0.717) is 12.5 Å². The summed E-state index contributed by atoms with van der Waals surface area (Å²) in [5.74, 6) is 0.511. The summed E-state index contributed by atoms with van der Waals surface area (Å²) in [7, 11) is 0. The lowest BCUT2D eigenvalue weighted by Crippen LogP contribution is -1.96. The Hall–Kier alpha value is -0.990. The Morgan fingerprint density at radius 1 is 1.64 bits per heavy atom. The molecule has 0 rings (SSSR count). The highest BCUT2D eigenvalue weighted by Crippen LogP contribution is 2.11. The van der Waals surface area contributed by atoms with E-state index >= 15 is 0 Å². The van der Waals surface area contributed by atoms with Crippen molar-refractivity contribution in [2.45, 2.75) is 33.1 Å². The summed E-state index contributed by atoms with van der Waals surface area (Å²) in [6, 6.07) is 0. The Labute approximate surface area is 85.3 Å². The first-order valence-corrected chi connectivity index (χ1v) is 5.05. The molecule has 0 aromatic carbocycles. The predicted molar refractivity (Wildman–Crippen MR) is 57.9 cm³/mol. The molecule has 0 aliphatic carbocycles. The molecule has 0 fully saturated rings. The van der Waals surface area contributed by atoms with Gasteiger partial charge in [0.25, 0.3) is 0 Å². The summed E-state index contributed by atoms with van der Waals surface area (Å²) >= 11 is 0. The van der Waals surface area contributed by atoms with Gasteiger partial charge in [-0.3, -0.25) is 0 Å². The van der Waals surface area contributed by atoms with Crippen LogP contribution < -0.4 is 0 Å². The molecule has 0 aromatic rings. The fourth-order valence-corrected chi connectivity index (χ4v) is 1.16. The van der Waals surface area contributed by atoms with Gasteiger partial charge in [0.2, 0.25) is 0 Å². The molecule has 0 amide bonds. The minimum absolute atomic E-state index is 0.112. The van der Waals surface area contributed by atoms with E-state index < -0.39 is 0 Å². The third-order valence-electron chi connectivity index (χ3n) is 2.19. The minimum Gasteiger partial charge on any atom is -0.392 e. The van der Waals surface area contributed by atoms with Crippen LogP contribution in [-0.2, 0) is 0 Å². The van der Waals surface area contributed by atoms with Gasteiger partial charge in [0.05, 0.1) is 6.61 Å². The highest BCUT2D eigenvalue weighted by atomic mass is 16.3. The lowest BCUT2D eigenvalue weighted by Gasteiger charge is -2.06. The Morgan fingerprint density at radius 3 is 2.86 bits per heavy atom. The van der Waals surface area contributed by atoms with Crippen LogP contribution in [0.3, 0.4) is 0 Å². The van der Waals surface area contributed by atoms with Crippen LogP contribution in [0.4, 0.5) is 0 Å². The Bertz CT molecular complexity index is 219. The topological polar surface area (TPSA) is 69.0 Å². The first-order chi connectivity index (χ1) is 6.74. The van der Waals surface area contributed by atoms with Crippen molar-refractivity contribution in [2.24, 2.45) is 11.0 Å². The second-order valence-corrected chi connectivity index (χ2v) is 3.43. The lowest BCUT2D eigenvalue weighted by atomic mass is 10.0. The van der Waals surface area contributed by atoms with Gasteiger partial charge in [0, 0.05) is 11.5 Å². The van der Waals surface area contributed by atoms with Crippen molar-refractivity contribution in [1.82, 2.24) is 0 Å². The number of rotatable bonds is 7. The van der Waals surface area contributed by atoms with Crippen molar-refractivity contribution in [3.8, 4) is 0 Å². The maximum Gasteiger partial charge on any atom is 0.0641 e.